The highest BCUT2D eigenvalue weighted by Crippen LogP contribution is 2.20. The van der Waals surface area contributed by atoms with E-state index in [0.29, 0.717) is 6.04 Å². The van der Waals surface area contributed by atoms with E-state index in [1.54, 1.807) is 0 Å². The van der Waals surface area contributed by atoms with E-state index in [-0.39, 0.29) is 5.54 Å². The van der Waals surface area contributed by atoms with Crippen LogP contribution in [0.25, 0.3) is 0 Å². The second-order valence-electron chi connectivity index (χ2n) is 6.46. The Morgan fingerprint density at radius 1 is 1.35 bits per heavy atom. The number of hydrogen-bond acceptors (Lipinski definition) is 2. The molecule has 0 radical (unpaired) electrons. The molecular formula is C15H32N2. The molecule has 0 aromatic heterocycles. The van der Waals surface area contributed by atoms with Crippen LogP contribution in [0, 0.1) is 5.92 Å². The number of nitrogens with zero attached hydrogens (tertiary/aromatic N) is 1. The Balaban J connectivity index is 2.46. The lowest BCUT2D eigenvalue weighted by molar-refractivity contribution is 0.0849. The predicted octanol–water partition coefficient (Wildman–Crippen LogP) is 3.28. The second-order valence-corrected chi connectivity index (χ2v) is 6.46. The molecule has 0 aromatic carbocycles. The van der Waals surface area contributed by atoms with Gasteiger partial charge in [-0.3, -0.25) is 4.90 Å². The molecule has 2 heteroatoms. The maximum Gasteiger partial charge on any atom is 0.0252 e. The van der Waals surface area contributed by atoms with Crippen LogP contribution in [0.4, 0.5) is 0 Å². The lowest BCUT2D eigenvalue weighted by Gasteiger charge is -2.44. The van der Waals surface area contributed by atoms with E-state index in [1.165, 1.54) is 38.8 Å². The van der Waals surface area contributed by atoms with Gasteiger partial charge in [-0.1, -0.05) is 33.1 Å². The van der Waals surface area contributed by atoms with Crippen LogP contribution in [0.3, 0.4) is 0 Å². The molecule has 2 atom stereocenters. The Bertz CT molecular complexity index is 213. The molecule has 2 unspecified atom stereocenters. The Labute approximate surface area is 108 Å². The van der Waals surface area contributed by atoms with Crippen molar-refractivity contribution in [2.45, 2.75) is 71.9 Å². The summed E-state index contributed by atoms with van der Waals surface area (Å²) in [5.74, 6) is 0.895. The van der Waals surface area contributed by atoms with Gasteiger partial charge in [-0.2, -0.15) is 0 Å². The molecule has 0 saturated carbocycles. The summed E-state index contributed by atoms with van der Waals surface area (Å²) in [6.45, 7) is 15.3. The minimum atomic E-state index is 0.287. The van der Waals surface area contributed by atoms with Crippen molar-refractivity contribution >= 4 is 0 Å². The van der Waals surface area contributed by atoms with Crippen molar-refractivity contribution in [3.63, 3.8) is 0 Å². The van der Waals surface area contributed by atoms with Gasteiger partial charge in [0, 0.05) is 31.2 Å². The normalized spacial score (nSPS) is 27.0. The maximum absolute atomic E-state index is 3.63. The highest BCUT2D eigenvalue weighted by atomic mass is 15.2. The lowest BCUT2D eigenvalue weighted by atomic mass is 9.94. The van der Waals surface area contributed by atoms with Gasteiger partial charge in [0.15, 0.2) is 0 Å². The van der Waals surface area contributed by atoms with E-state index in [0.717, 1.165) is 12.5 Å². The van der Waals surface area contributed by atoms with E-state index in [9.17, 15) is 0 Å². The zero-order valence-corrected chi connectivity index (χ0v) is 12.6. The molecule has 1 aliphatic heterocycles. The molecule has 2 nitrogen and oxygen atoms in total. The van der Waals surface area contributed by atoms with Gasteiger partial charge in [-0.05, 0) is 33.1 Å². The zero-order chi connectivity index (χ0) is 12.9. The highest BCUT2D eigenvalue weighted by Gasteiger charge is 2.30. The van der Waals surface area contributed by atoms with Crippen molar-refractivity contribution in [1.29, 1.82) is 0 Å². The van der Waals surface area contributed by atoms with Gasteiger partial charge in [0.05, 0.1) is 0 Å². The summed E-state index contributed by atoms with van der Waals surface area (Å²) in [7, 11) is 0. The molecule has 1 rings (SSSR count). The SMILES string of the molecule is CCCCC(CC)CN1CC(C)(C)NCC1C. The molecule has 1 heterocycles. The summed E-state index contributed by atoms with van der Waals surface area (Å²) in [4.78, 5) is 2.69. The first-order valence-electron chi connectivity index (χ1n) is 7.47. The van der Waals surface area contributed by atoms with Gasteiger partial charge >= 0.3 is 0 Å². The fraction of sp³-hybridized carbons (Fsp3) is 1.00. The van der Waals surface area contributed by atoms with Crippen LogP contribution in [0.5, 0.6) is 0 Å². The summed E-state index contributed by atoms with van der Waals surface area (Å²) < 4.78 is 0. The van der Waals surface area contributed by atoms with Crippen LogP contribution in [0.1, 0.15) is 60.3 Å². The van der Waals surface area contributed by atoms with Gasteiger partial charge < -0.3 is 5.32 Å². The number of hydrogen-bond donors (Lipinski definition) is 1. The highest BCUT2D eigenvalue weighted by molar-refractivity contribution is 4.91. The summed E-state index contributed by atoms with van der Waals surface area (Å²) in [6, 6.07) is 0.693. The predicted molar refractivity (Wildman–Crippen MR) is 76.4 cm³/mol. The third-order valence-electron chi connectivity index (χ3n) is 4.13. The van der Waals surface area contributed by atoms with Crippen LogP contribution in [-0.4, -0.2) is 36.1 Å². The van der Waals surface area contributed by atoms with Crippen molar-refractivity contribution in [2.24, 2.45) is 5.92 Å². The molecule has 0 aliphatic carbocycles. The Kier molecular flexibility index (Phi) is 5.94. The van der Waals surface area contributed by atoms with Gasteiger partial charge in [-0.15, -0.1) is 0 Å². The summed E-state index contributed by atoms with van der Waals surface area (Å²) >= 11 is 0. The van der Waals surface area contributed by atoms with Crippen LogP contribution in [-0.2, 0) is 0 Å². The van der Waals surface area contributed by atoms with Crippen LogP contribution < -0.4 is 5.32 Å². The molecular weight excluding hydrogens is 208 g/mol. The monoisotopic (exact) mass is 240 g/mol. The van der Waals surface area contributed by atoms with Crippen molar-refractivity contribution in [3.8, 4) is 0 Å². The largest absolute Gasteiger partial charge is 0.309 e. The first-order valence-corrected chi connectivity index (χ1v) is 7.47. The van der Waals surface area contributed by atoms with E-state index < -0.39 is 0 Å². The number of piperazine rings is 1. The smallest absolute Gasteiger partial charge is 0.0252 e. The van der Waals surface area contributed by atoms with Crippen molar-refractivity contribution in [2.75, 3.05) is 19.6 Å². The molecule has 102 valence electrons. The minimum Gasteiger partial charge on any atom is -0.309 e. The van der Waals surface area contributed by atoms with E-state index in [2.05, 4.69) is 44.8 Å². The first-order chi connectivity index (χ1) is 7.98. The van der Waals surface area contributed by atoms with Crippen LogP contribution >= 0.6 is 0 Å². The molecule has 0 bridgehead atoms. The first kappa shape index (κ1) is 15.0. The van der Waals surface area contributed by atoms with Crippen LogP contribution in [0.2, 0.25) is 0 Å². The van der Waals surface area contributed by atoms with E-state index in [1.807, 2.05) is 0 Å². The van der Waals surface area contributed by atoms with Gasteiger partial charge in [0.1, 0.15) is 0 Å². The summed E-state index contributed by atoms with van der Waals surface area (Å²) in [5.41, 5.74) is 0.287. The molecule has 0 aromatic rings. The Morgan fingerprint density at radius 2 is 2.06 bits per heavy atom. The molecule has 0 spiro atoms. The fourth-order valence-corrected chi connectivity index (χ4v) is 2.77. The number of unbranched alkanes of at least 4 members (excludes halogenated alkanes) is 1. The lowest BCUT2D eigenvalue weighted by Crippen LogP contribution is -2.61. The van der Waals surface area contributed by atoms with Crippen molar-refractivity contribution in [1.82, 2.24) is 10.2 Å². The van der Waals surface area contributed by atoms with E-state index in [4.69, 9.17) is 0 Å². The van der Waals surface area contributed by atoms with Gasteiger partial charge in [-0.25, -0.2) is 0 Å². The van der Waals surface area contributed by atoms with Gasteiger partial charge in [0.2, 0.25) is 0 Å². The number of rotatable bonds is 6. The van der Waals surface area contributed by atoms with E-state index >= 15 is 0 Å². The third-order valence-corrected chi connectivity index (χ3v) is 4.13. The molecule has 1 fully saturated rings. The molecule has 17 heavy (non-hydrogen) atoms. The molecule has 1 aliphatic rings. The number of nitrogens with one attached hydrogen (secondary N) is 1. The fourth-order valence-electron chi connectivity index (χ4n) is 2.77. The maximum atomic E-state index is 3.63. The summed E-state index contributed by atoms with van der Waals surface area (Å²) in [5, 5.41) is 3.63. The molecule has 1 N–H and O–H groups in total. The standard InChI is InChI=1S/C15H32N2/c1-6-8-9-14(7-2)11-17-12-15(4,5)16-10-13(17)3/h13-14,16H,6-12H2,1-5H3. The zero-order valence-electron chi connectivity index (χ0n) is 12.6. The average Bonchev–Trinajstić information content (AvgIpc) is 2.28. The minimum absolute atomic E-state index is 0.287. The second kappa shape index (κ2) is 6.75. The third kappa shape index (κ3) is 4.97. The van der Waals surface area contributed by atoms with Crippen molar-refractivity contribution < 1.29 is 0 Å². The average molecular weight is 240 g/mol. The van der Waals surface area contributed by atoms with Crippen molar-refractivity contribution in [3.05, 3.63) is 0 Å². The summed E-state index contributed by atoms with van der Waals surface area (Å²) in [6.07, 6.45) is 5.46. The molecule has 1 saturated heterocycles. The molecule has 0 amide bonds. The van der Waals surface area contributed by atoms with Crippen LogP contribution in [0.15, 0.2) is 0 Å². The Morgan fingerprint density at radius 3 is 2.65 bits per heavy atom. The quantitative estimate of drug-likeness (QED) is 0.766. The topological polar surface area (TPSA) is 15.3 Å². The Hall–Kier alpha value is -0.0800. The van der Waals surface area contributed by atoms with Gasteiger partial charge in [0.25, 0.3) is 0 Å².